The highest BCUT2D eigenvalue weighted by molar-refractivity contribution is 7.79. The Bertz CT molecular complexity index is 319. The van der Waals surface area contributed by atoms with E-state index in [1.807, 2.05) is 0 Å². The van der Waals surface area contributed by atoms with Crippen molar-refractivity contribution in [2.45, 2.75) is 76.3 Å². The van der Waals surface area contributed by atoms with Crippen molar-refractivity contribution in [2.24, 2.45) is 0 Å². The molecule has 2 saturated carbocycles. The summed E-state index contributed by atoms with van der Waals surface area (Å²) < 4.78 is 2.68. The molecule has 0 saturated heterocycles. The second-order valence-corrected chi connectivity index (χ2v) is 6.74. The van der Waals surface area contributed by atoms with Crippen LogP contribution in [0.3, 0.4) is 0 Å². The molecule has 0 heterocycles. The maximum Gasteiger partial charge on any atom is 0.322 e. The van der Waals surface area contributed by atoms with Crippen LogP contribution in [0.25, 0.3) is 0 Å². The standard InChI is InChI=1S/C14H24N2O2S2/c17-13(15(19)11-7-3-1-4-8-11)14(18)16(20)12-9-5-2-6-10-12/h11-12,19-20H,1-10H2. The molecular weight excluding hydrogens is 292 g/mol. The summed E-state index contributed by atoms with van der Waals surface area (Å²) in [6.07, 6.45) is 10.6. The van der Waals surface area contributed by atoms with Gasteiger partial charge in [0.1, 0.15) is 0 Å². The van der Waals surface area contributed by atoms with Gasteiger partial charge in [0.05, 0.1) is 0 Å². The minimum atomic E-state index is -0.527. The normalized spacial score (nSPS) is 21.5. The van der Waals surface area contributed by atoms with Crippen molar-refractivity contribution in [3.8, 4) is 0 Å². The molecule has 0 aromatic carbocycles. The van der Waals surface area contributed by atoms with Gasteiger partial charge in [-0.2, -0.15) is 0 Å². The third-order valence-electron chi connectivity index (χ3n) is 4.44. The van der Waals surface area contributed by atoms with Crippen LogP contribution in [0.4, 0.5) is 0 Å². The third kappa shape index (κ3) is 3.85. The first-order valence-electron chi connectivity index (χ1n) is 7.65. The molecule has 114 valence electrons. The van der Waals surface area contributed by atoms with Gasteiger partial charge in [-0.25, -0.2) is 0 Å². The van der Waals surface area contributed by atoms with Crippen LogP contribution in [0.1, 0.15) is 64.2 Å². The molecule has 0 bridgehead atoms. The van der Waals surface area contributed by atoms with Gasteiger partial charge < -0.3 is 0 Å². The van der Waals surface area contributed by atoms with Crippen molar-refractivity contribution < 1.29 is 9.59 Å². The monoisotopic (exact) mass is 316 g/mol. The Kier molecular flexibility index (Phi) is 6.08. The molecule has 2 rings (SSSR count). The molecule has 20 heavy (non-hydrogen) atoms. The number of nitrogens with zero attached hydrogens (tertiary/aromatic N) is 2. The van der Waals surface area contributed by atoms with E-state index in [1.54, 1.807) is 0 Å². The fourth-order valence-electron chi connectivity index (χ4n) is 3.18. The molecule has 0 N–H and O–H groups in total. The third-order valence-corrected chi connectivity index (χ3v) is 5.46. The second kappa shape index (κ2) is 7.59. The number of thiol groups is 2. The summed E-state index contributed by atoms with van der Waals surface area (Å²) in [5, 5.41) is 0. The van der Waals surface area contributed by atoms with Crippen LogP contribution in [0, 0.1) is 0 Å². The zero-order valence-corrected chi connectivity index (χ0v) is 13.6. The predicted octanol–water partition coefficient (Wildman–Crippen LogP) is 3.00. The maximum atomic E-state index is 12.2. The van der Waals surface area contributed by atoms with Crippen LogP contribution in [0.5, 0.6) is 0 Å². The summed E-state index contributed by atoms with van der Waals surface area (Å²) in [6.45, 7) is 0. The molecule has 0 atom stereocenters. The van der Waals surface area contributed by atoms with Crippen LogP contribution in [0.15, 0.2) is 0 Å². The Morgan fingerprint density at radius 2 is 0.950 bits per heavy atom. The first kappa shape index (κ1) is 16.0. The Balaban J connectivity index is 1.91. The number of carbonyl (C=O) groups excluding carboxylic acids is 2. The van der Waals surface area contributed by atoms with Gasteiger partial charge in [0, 0.05) is 12.1 Å². The largest absolute Gasteiger partial charge is 0.322 e. The molecule has 0 aliphatic heterocycles. The van der Waals surface area contributed by atoms with E-state index in [1.165, 1.54) is 21.5 Å². The SMILES string of the molecule is O=C(C(=O)N(S)C1CCCCC1)N(S)C1CCCCC1. The number of amides is 2. The summed E-state index contributed by atoms with van der Waals surface area (Å²) >= 11 is 8.54. The average Bonchev–Trinajstić information content (AvgIpc) is 2.53. The molecule has 0 spiro atoms. The number of hydrogen-bond acceptors (Lipinski definition) is 4. The number of carbonyl (C=O) groups is 2. The molecule has 4 nitrogen and oxygen atoms in total. The van der Waals surface area contributed by atoms with Crippen LogP contribution >= 0.6 is 25.6 Å². The van der Waals surface area contributed by atoms with E-state index < -0.39 is 11.8 Å². The predicted molar refractivity (Wildman–Crippen MR) is 85.4 cm³/mol. The molecule has 2 amide bonds. The van der Waals surface area contributed by atoms with E-state index in [-0.39, 0.29) is 12.1 Å². The highest BCUT2D eigenvalue weighted by Gasteiger charge is 2.33. The van der Waals surface area contributed by atoms with Crippen LogP contribution in [-0.4, -0.2) is 32.5 Å². The summed E-state index contributed by atoms with van der Waals surface area (Å²) in [5.41, 5.74) is 0. The topological polar surface area (TPSA) is 40.6 Å². The van der Waals surface area contributed by atoms with E-state index in [2.05, 4.69) is 25.6 Å². The lowest BCUT2D eigenvalue weighted by Gasteiger charge is -2.33. The Hall–Kier alpha value is -0.360. The lowest BCUT2D eigenvalue weighted by Crippen LogP contribution is -2.46. The van der Waals surface area contributed by atoms with E-state index in [0.717, 1.165) is 51.4 Å². The number of rotatable bonds is 2. The Labute approximate surface area is 132 Å². The quantitative estimate of drug-likeness (QED) is 0.607. The zero-order chi connectivity index (χ0) is 14.5. The maximum absolute atomic E-state index is 12.2. The fourth-order valence-corrected chi connectivity index (χ4v) is 3.81. The first-order chi connectivity index (χ1) is 9.61. The summed E-state index contributed by atoms with van der Waals surface area (Å²) in [6, 6.07) is 0.188. The van der Waals surface area contributed by atoms with Crippen molar-refractivity contribution in [1.82, 2.24) is 8.61 Å². The average molecular weight is 316 g/mol. The molecule has 0 aromatic rings. The minimum absolute atomic E-state index is 0.0941. The smallest absolute Gasteiger partial charge is 0.278 e. The highest BCUT2D eigenvalue weighted by atomic mass is 32.1. The fraction of sp³-hybridized carbons (Fsp3) is 0.857. The second-order valence-electron chi connectivity index (χ2n) is 5.88. The van der Waals surface area contributed by atoms with Gasteiger partial charge in [0.25, 0.3) is 0 Å². The van der Waals surface area contributed by atoms with Gasteiger partial charge in [-0.05, 0) is 25.7 Å². The van der Waals surface area contributed by atoms with Crippen molar-refractivity contribution >= 4 is 37.4 Å². The van der Waals surface area contributed by atoms with Crippen LogP contribution in [0.2, 0.25) is 0 Å². The van der Waals surface area contributed by atoms with E-state index >= 15 is 0 Å². The Morgan fingerprint density at radius 1 is 0.650 bits per heavy atom. The highest BCUT2D eigenvalue weighted by Crippen LogP contribution is 2.26. The minimum Gasteiger partial charge on any atom is -0.278 e. The van der Waals surface area contributed by atoms with Gasteiger partial charge >= 0.3 is 11.8 Å². The van der Waals surface area contributed by atoms with Crippen LogP contribution in [-0.2, 0) is 9.59 Å². The van der Waals surface area contributed by atoms with Crippen molar-refractivity contribution in [3.63, 3.8) is 0 Å². The summed E-state index contributed by atoms with van der Waals surface area (Å²) in [4.78, 5) is 24.5. The van der Waals surface area contributed by atoms with Crippen LogP contribution < -0.4 is 0 Å². The molecule has 0 aromatic heterocycles. The van der Waals surface area contributed by atoms with E-state index in [9.17, 15) is 9.59 Å². The van der Waals surface area contributed by atoms with Gasteiger partial charge in [0.2, 0.25) is 0 Å². The molecule has 0 unspecified atom stereocenters. The number of hydrogen-bond donors (Lipinski definition) is 2. The van der Waals surface area contributed by atoms with Crippen molar-refractivity contribution in [3.05, 3.63) is 0 Å². The van der Waals surface area contributed by atoms with Gasteiger partial charge in [0.15, 0.2) is 0 Å². The van der Waals surface area contributed by atoms with E-state index in [4.69, 9.17) is 0 Å². The molecule has 6 heteroatoms. The lowest BCUT2D eigenvalue weighted by molar-refractivity contribution is -0.147. The van der Waals surface area contributed by atoms with Gasteiger partial charge in [-0.3, -0.25) is 18.2 Å². The molecule has 0 radical (unpaired) electrons. The zero-order valence-electron chi connectivity index (χ0n) is 11.8. The van der Waals surface area contributed by atoms with Gasteiger partial charge in [-0.1, -0.05) is 64.2 Å². The molecular formula is C14H24N2O2S2. The Morgan fingerprint density at radius 3 is 1.25 bits per heavy atom. The summed E-state index contributed by atoms with van der Waals surface area (Å²) in [7, 11) is 0. The van der Waals surface area contributed by atoms with Gasteiger partial charge in [-0.15, -0.1) is 0 Å². The van der Waals surface area contributed by atoms with E-state index in [0.29, 0.717) is 0 Å². The molecule has 2 aliphatic carbocycles. The van der Waals surface area contributed by atoms with Crippen molar-refractivity contribution in [2.75, 3.05) is 0 Å². The summed E-state index contributed by atoms with van der Waals surface area (Å²) in [5.74, 6) is -1.05. The lowest BCUT2D eigenvalue weighted by atomic mass is 9.95. The van der Waals surface area contributed by atoms with Crippen molar-refractivity contribution in [1.29, 1.82) is 0 Å². The molecule has 2 aliphatic rings. The molecule has 2 fully saturated rings. The first-order valence-corrected chi connectivity index (χ1v) is 8.45.